The van der Waals surface area contributed by atoms with Gasteiger partial charge in [-0.05, 0) is 42.9 Å². The maximum atomic E-state index is 12.6. The zero-order chi connectivity index (χ0) is 14.4. The molecule has 1 aliphatic rings. The molecule has 2 aromatic heterocycles. The van der Waals surface area contributed by atoms with Gasteiger partial charge in [0.15, 0.2) is 0 Å². The lowest BCUT2D eigenvalue weighted by Gasteiger charge is -2.20. The van der Waals surface area contributed by atoms with Crippen LogP contribution in [0.2, 0.25) is 0 Å². The minimum atomic E-state index is -0.0234. The van der Waals surface area contributed by atoms with Gasteiger partial charge in [0, 0.05) is 11.9 Å². The molecule has 4 rings (SSSR count). The fraction of sp³-hybridized carbons (Fsp3) is 0.294. The second-order valence-electron chi connectivity index (χ2n) is 5.91. The summed E-state index contributed by atoms with van der Waals surface area (Å²) in [5.74, 6) is 0.647. The van der Waals surface area contributed by atoms with E-state index in [9.17, 15) is 4.79 Å². The molecule has 1 atom stereocenters. The lowest BCUT2D eigenvalue weighted by molar-refractivity contribution is 0.496. The van der Waals surface area contributed by atoms with Crippen LogP contribution in [0.5, 0.6) is 0 Å². The van der Waals surface area contributed by atoms with E-state index in [1.165, 1.54) is 12.0 Å². The highest BCUT2D eigenvalue weighted by molar-refractivity contribution is 5.85. The predicted molar refractivity (Wildman–Crippen MR) is 90.1 cm³/mol. The molecule has 1 aromatic carbocycles. The predicted octanol–water partition coefficient (Wildman–Crippen LogP) is 3.26. The van der Waals surface area contributed by atoms with E-state index in [1.807, 2.05) is 30.3 Å². The molecule has 1 aliphatic carbocycles. The van der Waals surface area contributed by atoms with Crippen LogP contribution in [0, 0.1) is 5.92 Å². The molecule has 0 bridgehead atoms. The van der Waals surface area contributed by atoms with Gasteiger partial charge in [0.1, 0.15) is 0 Å². The number of hydrogen-bond acceptors (Lipinski definition) is 2. The van der Waals surface area contributed by atoms with Crippen molar-refractivity contribution in [3.63, 3.8) is 0 Å². The summed E-state index contributed by atoms with van der Waals surface area (Å²) in [5.41, 5.74) is 4.15. The molecule has 1 N–H and O–H groups in total. The van der Waals surface area contributed by atoms with Crippen molar-refractivity contribution in [2.75, 3.05) is 0 Å². The summed E-state index contributed by atoms with van der Waals surface area (Å²) in [4.78, 5) is 17.1. The van der Waals surface area contributed by atoms with Crippen molar-refractivity contribution >= 4 is 23.3 Å². The third-order valence-corrected chi connectivity index (χ3v) is 4.37. The van der Waals surface area contributed by atoms with Crippen LogP contribution in [-0.4, -0.2) is 14.8 Å². The first-order chi connectivity index (χ1) is 10.2. The number of pyridine rings is 1. The molecular weight excluding hydrogens is 298 g/mol. The molecule has 0 saturated carbocycles. The molecule has 22 heavy (non-hydrogen) atoms. The Morgan fingerprint density at radius 3 is 2.82 bits per heavy atom. The van der Waals surface area contributed by atoms with Crippen molar-refractivity contribution in [1.82, 2.24) is 14.8 Å². The third kappa shape index (κ3) is 2.24. The van der Waals surface area contributed by atoms with Gasteiger partial charge in [-0.1, -0.05) is 25.1 Å². The number of aromatic nitrogens is 3. The van der Waals surface area contributed by atoms with Gasteiger partial charge in [0.2, 0.25) is 0 Å². The van der Waals surface area contributed by atoms with E-state index in [4.69, 9.17) is 0 Å². The van der Waals surface area contributed by atoms with Gasteiger partial charge in [-0.15, -0.1) is 12.4 Å². The van der Waals surface area contributed by atoms with E-state index in [-0.39, 0.29) is 18.0 Å². The van der Waals surface area contributed by atoms with Crippen LogP contribution in [-0.2, 0) is 12.8 Å². The van der Waals surface area contributed by atoms with Crippen molar-refractivity contribution in [1.29, 1.82) is 0 Å². The van der Waals surface area contributed by atoms with Crippen molar-refractivity contribution < 1.29 is 0 Å². The molecule has 0 amide bonds. The number of benzene rings is 1. The quantitative estimate of drug-likeness (QED) is 0.749. The number of para-hydroxylation sites is 1. The largest absolute Gasteiger partial charge is 0.290 e. The summed E-state index contributed by atoms with van der Waals surface area (Å²) in [5, 5.41) is 3.98. The third-order valence-electron chi connectivity index (χ3n) is 4.37. The average Bonchev–Trinajstić information content (AvgIpc) is 2.86. The molecule has 0 aliphatic heterocycles. The first-order valence-electron chi connectivity index (χ1n) is 7.41. The zero-order valence-electron chi connectivity index (χ0n) is 12.4. The van der Waals surface area contributed by atoms with E-state index in [0.717, 1.165) is 29.7 Å². The first-order valence-corrected chi connectivity index (χ1v) is 7.41. The highest BCUT2D eigenvalue weighted by atomic mass is 35.5. The van der Waals surface area contributed by atoms with Crippen LogP contribution in [0.4, 0.5) is 0 Å². The fourth-order valence-corrected chi connectivity index (χ4v) is 3.19. The minimum Gasteiger partial charge on any atom is -0.290 e. The summed E-state index contributed by atoms with van der Waals surface area (Å²) in [6.07, 6.45) is 4.90. The topological polar surface area (TPSA) is 50.7 Å². The lowest BCUT2D eigenvalue weighted by Crippen LogP contribution is -2.14. The van der Waals surface area contributed by atoms with E-state index in [1.54, 1.807) is 10.9 Å². The van der Waals surface area contributed by atoms with Gasteiger partial charge in [-0.2, -0.15) is 0 Å². The Labute approximate surface area is 134 Å². The molecule has 2 heterocycles. The van der Waals surface area contributed by atoms with Gasteiger partial charge >= 0.3 is 0 Å². The van der Waals surface area contributed by atoms with Crippen molar-refractivity contribution in [2.24, 2.45) is 5.92 Å². The summed E-state index contributed by atoms with van der Waals surface area (Å²) in [6.45, 7) is 2.26. The highest BCUT2D eigenvalue weighted by Crippen LogP contribution is 2.28. The number of rotatable bonds is 1. The SMILES string of the molecule is CC1CCc2ncc3c(=O)n(-c4ccccc4)[nH]c3c2C1.Cl. The highest BCUT2D eigenvalue weighted by Gasteiger charge is 2.21. The second kappa shape index (κ2) is 5.61. The van der Waals surface area contributed by atoms with Crippen LogP contribution in [0.25, 0.3) is 16.6 Å². The number of halogens is 1. The molecule has 0 fully saturated rings. The van der Waals surface area contributed by atoms with Gasteiger partial charge < -0.3 is 0 Å². The van der Waals surface area contributed by atoms with Crippen LogP contribution < -0.4 is 5.56 Å². The fourth-order valence-electron chi connectivity index (χ4n) is 3.19. The van der Waals surface area contributed by atoms with Crippen molar-refractivity contribution in [2.45, 2.75) is 26.2 Å². The smallest absolute Gasteiger partial charge is 0.280 e. The monoisotopic (exact) mass is 315 g/mol. The summed E-state index contributed by atoms with van der Waals surface area (Å²) < 4.78 is 1.62. The Bertz CT molecular complexity index is 867. The van der Waals surface area contributed by atoms with Gasteiger partial charge in [-0.25, -0.2) is 4.68 Å². The first kappa shape index (κ1) is 14.9. The van der Waals surface area contributed by atoms with Crippen molar-refractivity contribution in [3.8, 4) is 5.69 Å². The standard InChI is InChI=1S/C17H17N3O.ClH/c1-11-7-8-15-13(9-11)16-14(10-18-15)17(21)20(19-16)12-5-3-2-4-6-12;/h2-6,10-11,19H,7-9H2,1H3;1H. The Hall–Kier alpha value is -2.07. The number of fused-ring (bicyclic) bond motifs is 3. The van der Waals surface area contributed by atoms with Crippen LogP contribution in [0.1, 0.15) is 24.6 Å². The molecular formula is C17H18ClN3O. The molecule has 0 saturated heterocycles. The van der Waals surface area contributed by atoms with Crippen molar-refractivity contribution in [3.05, 3.63) is 58.1 Å². The molecule has 0 spiro atoms. The normalized spacial score (nSPS) is 17.0. The molecule has 114 valence electrons. The van der Waals surface area contributed by atoms with E-state index in [2.05, 4.69) is 17.0 Å². The van der Waals surface area contributed by atoms with E-state index >= 15 is 0 Å². The van der Waals surface area contributed by atoms with Gasteiger partial charge in [0.05, 0.1) is 16.6 Å². The Kier molecular flexibility index (Phi) is 3.79. The molecule has 4 nitrogen and oxygen atoms in total. The Balaban J connectivity index is 0.00000144. The van der Waals surface area contributed by atoms with Gasteiger partial charge in [-0.3, -0.25) is 14.9 Å². The zero-order valence-corrected chi connectivity index (χ0v) is 13.2. The van der Waals surface area contributed by atoms with Crippen LogP contribution >= 0.6 is 12.4 Å². The molecule has 1 unspecified atom stereocenters. The van der Waals surface area contributed by atoms with Gasteiger partial charge in [0.25, 0.3) is 5.56 Å². The summed E-state index contributed by atoms with van der Waals surface area (Å²) in [7, 11) is 0. The Morgan fingerprint density at radius 2 is 2.05 bits per heavy atom. The van der Waals surface area contributed by atoms with Crippen LogP contribution in [0.15, 0.2) is 41.3 Å². The molecule has 0 radical (unpaired) electrons. The van der Waals surface area contributed by atoms with E-state index in [0.29, 0.717) is 11.3 Å². The lowest BCUT2D eigenvalue weighted by atomic mass is 9.87. The number of aryl methyl sites for hydroxylation is 1. The maximum Gasteiger partial charge on any atom is 0.280 e. The number of H-pyrrole nitrogens is 1. The number of hydrogen-bond donors (Lipinski definition) is 1. The second-order valence-corrected chi connectivity index (χ2v) is 5.91. The number of nitrogens with one attached hydrogen (secondary N) is 1. The van der Waals surface area contributed by atoms with Crippen LogP contribution in [0.3, 0.4) is 0 Å². The minimum absolute atomic E-state index is 0. The number of aromatic amines is 1. The molecule has 3 aromatic rings. The molecule has 5 heteroatoms. The maximum absolute atomic E-state index is 12.6. The average molecular weight is 316 g/mol. The summed E-state index contributed by atoms with van der Waals surface area (Å²) in [6, 6.07) is 9.67. The Morgan fingerprint density at radius 1 is 1.27 bits per heavy atom. The number of nitrogens with zero attached hydrogens (tertiary/aromatic N) is 2. The summed E-state index contributed by atoms with van der Waals surface area (Å²) >= 11 is 0. The van der Waals surface area contributed by atoms with E-state index < -0.39 is 0 Å².